The number of nitriles is 1. The molecule has 214 valence electrons. The number of ether oxygens (including phenoxy) is 1. The van der Waals surface area contributed by atoms with Gasteiger partial charge in [-0.2, -0.15) is 14.7 Å². The molecule has 1 fully saturated rings. The monoisotopic (exact) mass is 583 g/mol. The van der Waals surface area contributed by atoms with Crippen molar-refractivity contribution in [1.82, 2.24) is 28.6 Å². The number of hydrogen-bond donors (Lipinski definition) is 0. The molecule has 1 unspecified atom stereocenters. The summed E-state index contributed by atoms with van der Waals surface area (Å²) in [6.07, 6.45) is 6.66. The molecule has 12 heteroatoms. The zero-order chi connectivity index (χ0) is 29.6. The van der Waals surface area contributed by atoms with E-state index in [2.05, 4.69) is 21.1 Å². The molecule has 0 amide bonds. The predicted octanol–water partition coefficient (Wildman–Crippen LogP) is 4.17. The van der Waals surface area contributed by atoms with Gasteiger partial charge in [-0.05, 0) is 48.4 Å². The average Bonchev–Trinajstić information content (AvgIpc) is 3.65. The normalized spacial score (nSPS) is 15.8. The van der Waals surface area contributed by atoms with Crippen LogP contribution in [0.3, 0.4) is 0 Å². The highest BCUT2D eigenvalue weighted by Gasteiger charge is 2.49. The van der Waals surface area contributed by atoms with E-state index in [-0.39, 0.29) is 31.2 Å². The summed E-state index contributed by atoms with van der Waals surface area (Å²) in [6.45, 7) is 3.84. The number of hydrogen-bond acceptors (Lipinski definition) is 8. The Morgan fingerprint density at radius 3 is 2.64 bits per heavy atom. The maximum absolute atomic E-state index is 13.7. The van der Waals surface area contributed by atoms with Gasteiger partial charge in [0.05, 0.1) is 43.2 Å². The van der Waals surface area contributed by atoms with Crippen LogP contribution in [0.25, 0.3) is 33.1 Å². The van der Waals surface area contributed by atoms with Crippen molar-refractivity contribution in [3.8, 4) is 23.1 Å². The zero-order valence-corrected chi connectivity index (χ0v) is 24.2. The summed E-state index contributed by atoms with van der Waals surface area (Å²) in [5.74, 6) is 0.222. The molecular weight excluding hydrogens is 554 g/mol. The van der Waals surface area contributed by atoms with E-state index in [0.717, 1.165) is 22.1 Å². The molecule has 42 heavy (non-hydrogen) atoms. The topological polar surface area (TPSA) is 136 Å². The van der Waals surface area contributed by atoms with Gasteiger partial charge in [0, 0.05) is 36.4 Å². The van der Waals surface area contributed by atoms with Crippen LogP contribution in [0.5, 0.6) is 5.75 Å². The van der Waals surface area contributed by atoms with E-state index in [0.29, 0.717) is 22.3 Å². The van der Waals surface area contributed by atoms with Gasteiger partial charge in [-0.1, -0.05) is 24.3 Å². The first kappa shape index (κ1) is 27.6. The molecule has 1 saturated heterocycles. The molecule has 0 N–H and O–H groups in total. The second-order valence-corrected chi connectivity index (χ2v) is 12.8. The molecule has 4 heterocycles. The van der Waals surface area contributed by atoms with Crippen LogP contribution in [0.2, 0.25) is 0 Å². The van der Waals surface area contributed by atoms with E-state index >= 15 is 0 Å². The highest BCUT2D eigenvalue weighted by molar-refractivity contribution is 7.89. The van der Waals surface area contributed by atoms with Gasteiger partial charge < -0.3 is 4.74 Å². The lowest BCUT2D eigenvalue weighted by Gasteiger charge is -2.47. The predicted molar refractivity (Wildman–Crippen MR) is 158 cm³/mol. The maximum Gasteiger partial charge on any atom is 0.239 e. The van der Waals surface area contributed by atoms with Gasteiger partial charge in [-0.25, -0.2) is 18.4 Å². The number of carbonyl (C=O) groups is 1. The lowest BCUT2D eigenvalue weighted by molar-refractivity contribution is 0.0719. The van der Waals surface area contributed by atoms with Crippen LogP contribution >= 0.6 is 0 Å². The standard InChI is InChI=1S/C30H29N7O4S/c1-4-42(39,40)35-17-30(18-35,10-11-31)37-16-24(15-34-37)27-26-9-12-36(28(26)33-19-32-27)29(38)20(2)21-5-6-23-14-25(41-3)8-7-22(23)13-21/h5-9,12-16,19-20H,4,10,17-18H2,1-3H3. The molecule has 6 rings (SSSR count). The number of rotatable bonds is 8. The molecule has 0 aliphatic carbocycles. The molecule has 0 radical (unpaired) electrons. The number of benzene rings is 2. The van der Waals surface area contributed by atoms with Gasteiger partial charge in [0.15, 0.2) is 5.65 Å². The molecule has 0 spiro atoms. The van der Waals surface area contributed by atoms with Crippen molar-refractivity contribution in [3.63, 3.8) is 0 Å². The van der Waals surface area contributed by atoms with Crippen LogP contribution < -0.4 is 4.74 Å². The van der Waals surface area contributed by atoms with Crippen molar-refractivity contribution in [2.24, 2.45) is 0 Å². The SMILES string of the molecule is CCS(=O)(=O)N1CC(CC#N)(n2cc(-c3ncnc4c3ccn4C(=O)C(C)c3ccc4cc(OC)ccc4c3)cn2)C1. The van der Waals surface area contributed by atoms with Crippen molar-refractivity contribution in [2.45, 2.75) is 31.7 Å². The molecule has 0 saturated carbocycles. The average molecular weight is 584 g/mol. The van der Waals surface area contributed by atoms with E-state index in [4.69, 9.17) is 4.74 Å². The second kappa shape index (κ2) is 10.3. The van der Waals surface area contributed by atoms with E-state index in [1.54, 1.807) is 41.9 Å². The number of sulfonamides is 1. The Morgan fingerprint density at radius 2 is 1.90 bits per heavy atom. The summed E-state index contributed by atoms with van der Waals surface area (Å²) in [7, 11) is -1.72. The molecule has 11 nitrogen and oxygen atoms in total. The van der Waals surface area contributed by atoms with E-state index in [1.165, 1.54) is 10.6 Å². The van der Waals surface area contributed by atoms with Crippen molar-refractivity contribution in [3.05, 3.63) is 72.9 Å². The van der Waals surface area contributed by atoms with E-state index < -0.39 is 21.5 Å². The number of carbonyl (C=O) groups excluding carboxylic acids is 1. The molecule has 2 aromatic carbocycles. The molecule has 3 aromatic heterocycles. The summed E-state index contributed by atoms with van der Waals surface area (Å²) in [5.41, 5.74) is 1.89. The minimum atomic E-state index is -3.36. The van der Waals surface area contributed by atoms with E-state index in [1.807, 2.05) is 49.4 Å². The van der Waals surface area contributed by atoms with Crippen LogP contribution in [-0.4, -0.2) is 68.9 Å². The lowest BCUT2D eigenvalue weighted by Crippen LogP contribution is -2.64. The minimum Gasteiger partial charge on any atom is -0.497 e. The van der Waals surface area contributed by atoms with Crippen LogP contribution in [0, 0.1) is 11.3 Å². The van der Waals surface area contributed by atoms with Crippen molar-refractivity contribution in [1.29, 1.82) is 5.26 Å². The fraction of sp³-hybridized carbons (Fsp3) is 0.300. The highest BCUT2D eigenvalue weighted by Crippen LogP contribution is 2.36. The summed E-state index contributed by atoms with van der Waals surface area (Å²) in [4.78, 5) is 22.6. The van der Waals surface area contributed by atoms with Gasteiger partial charge in [0.25, 0.3) is 0 Å². The largest absolute Gasteiger partial charge is 0.497 e. The van der Waals surface area contributed by atoms with Gasteiger partial charge in [0.2, 0.25) is 15.9 Å². The molecule has 1 aliphatic heterocycles. The first-order chi connectivity index (χ1) is 20.2. The van der Waals surface area contributed by atoms with Crippen molar-refractivity contribution < 1.29 is 17.9 Å². The van der Waals surface area contributed by atoms with Crippen LogP contribution in [0.15, 0.2) is 67.4 Å². The Balaban J connectivity index is 1.29. The van der Waals surface area contributed by atoms with E-state index in [9.17, 15) is 18.5 Å². The van der Waals surface area contributed by atoms with Crippen LogP contribution in [0.4, 0.5) is 0 Å². The first-order valence-corrected chi connectivity index (χ1v) is 15.1. The Hall–Kier alpha value is -4.60. The maximum atomic E-state index is 13.7. The Labute approximate surface area is 243 Å². The molecule has 1 atom stereocenters. The number of aromatic nitrogens is 5. The molecule has 0 bridgehead atoms. The third-order valence-corrected chi connectivity index (χ3v) is 9.88. The first-order valence-electron chi connectivity index (χ1n) is 13.5. The number of fused-ring (bicyclic) bond motifs is 2. The Kier molecular flexibility index (Phi) is 6.79. The summed E-state index contributed by atoms with van der Waals surface area (Å²) in [5, 5.41) is 16.7. The molecular formula is C30H29N7O4S. The number of nitrogens with zero attached hydrogens (tertiary/aromatic N) is 7. The highest BCUT2D eigenvalue weighted by atomic mass is 32.2. The van der Waals surface area contributed by atoms with Crippen molar-refractivity contribution >= 4 is 37.7 Å². The van der Waals surface area contributed by atoms with Crippen molar-refractivity contribution in [2.75, 3.05) is 26.0 Å². The molecule has 5 aromatic rings. The minimum absolute atomic E-state index is 0.00330. The molecule has 1 aliphatic rings. The summed E-state index contributed by atoms with van der Waals surface area (Å²) in [6, 6.07) is 15.8. The Morgan fingerprint density at radius 1 is 1.14 bits per heavy atom. The fourth-order valence-corrected chi connectivity index (χ4v) is 6.77. The summed E-state index contributed by atoms with van der Waals surface area (Å²) >= 11 is 0. The van der Waals surface area contributed by atoms with Gasteiger partial charge in [-0.3, -0.25) is 14.0 Å². The van der Waals surface area contributed by atoms with Gasteiger partial charge in [-0.15, -0.1) is 0 Å². The third kappa shape index (κ3) is 4.51. The second-order valence-electron chi connectivity index (χ2n) is 10.6. The van der Waals surface area contributed by atoms with Gasteiger partial charge >= 0.3 is 0 Å². The Bertz CT molecular complexity index is 1980. The zero-order valence-electron chi connectivity index (χ0n) is 23.4. The fourth-order valence-electron chi connectivity index (χ4n) is 5.53. The third-order valence-electron chi connectivity index (χ3n) is 8.11. The van der Waals surface area contributed by atoms with Crippen LogP contribution in [-0.2, 0) is 15.6 Å². The smallest absolute Gasteiger partial charge is 0.239 e. The van der Waals surface area contributed by atoms with Gasteiger partial charge in [0.1, 0.15) is 17.6 Å². The van der Waals surface area contributed by atoms with Crippen LogP contribution in [0.1, 0.15) is 36.5 Å². The number of methoxy groups -OCH3 is 1. The quantitative estimate of drug-likeness (QED) is 0.265. The lowest BCUT2D eigenvalue weighted by atomic mass is 9.89. The summed E-state index contributed by atoms with van der Waals surface area (Å²) < 4.78 is 34.5.